The number of benzene rings is 4. The third-order valence-electron chi connectivity index (χ3n) is 5.35. The summed E-state index contributed by atoms with van der Waals surface area (Å²) in [6.07, 6.45) is 1.47. The predicted molar refractivity (Wildman–Crippen MR) is 125 cm³/mol. The van der Waals surface area contributed by atoms with Crippen LogP contribution in [0, 0.1) is 0 Å². The minimum absolute atomic E-state index is 0.159. The highest BCUT2D eigenvalue weighted by Crippen LogP contribution is 2.41. The van der Waals surface area contributed by atoms with E-state index >= 15 is 0 Å². The van der Waals surface area contributed by atoms with Gasteiger partial charge in [-0.05, 0) is 77.9 Å². The number of carbonyl (C=O) groups is 1. The van der Waals surface area contributed by atoms with E-state index in [1.54, 1.807) is 19.2 Å². The van der Waals surface area contributed by atoms with Gasteiger partial charge in [0.1, 0.15) is 23.0 Å². The topological polar surface area (TPSA) is 76.0 Å². The molecular weight excluding hydrogens is 404 g/mol. The minimum atomic E-state index is -0.780. The van der Waals surface area contributed by atoms with Crippen LogP contribution in [0.1, 0.15) is 18.4 Å². The summed E-state index contributed by atoms with van der Waals surface area (Å²) in [5.41, 5.74) is 2.98. The number of phenolic OH excluding ortho intramolecular Hbond substituents is 1. The number of hydrogen-bond donors (Lipinski definition) is 2. The Kier molecular flexibility index (Phi) is 6.26. The lowest BCUT2D eigenvalue weighted by Gasteiger charge is -2.15. The molecule has 0 aliphatic carbocycles. The lowest BCUT2D eigenvalue weighted by atomic mass is 9.99. The average Bonchev–Trinajstić information content (AvgIpc) is 2.80. The molecule has 0 radical (unpaired) electrons. The highest BCUT2D eigenvalue weighted by Gasteiger charge is 2.13. The molecule has 0 amide bonds. The largest absolute Gasteiger partial charge is 0.508 e. The van der Waals surface area contributed by atoms with Gasteiger partial charge in [-0.1, -0.05) is 30.3 Å². The lowest BCUT2D eigenvalue weighted by Crippen LogP contribution is -1.96. The van der Waals surface area contributed by atoms with Gasteiger partial charge in [0.2, 0.25) is 0 Å². The van der Waals surface area contributed by atoms with E-state index < -0.39 is 5.97 Å². The molecule has 5 nitrogen and oxygen atoms in total. The molecule has 0 saturated carbocycles. The van der Waals surface area contributed by atoms with E-state index in [1.165, 1.54) is 0 Å². The molecule has 0 atom stereocenters. The first kappa shape index (κ1) is 21.2. The minimum Gasteiger partial charge on any atom is -0.508 e. The zero-order chi connectivity index (χ0) is 22.5. The molecule has 0 bridgehead atoms. The summed E-state index contributed by atoms with van der Waals surface area (Å²) in [6.45, 7) is 0. The smallest absolute Gasteiger partial charge is 0.303 e. The molecule has 32 heavy (non-hydrogen) atoms. The number of aliphatic carboxylic acids is 1. The standard InChI is InChI=1S/C27H24O5/c1-31-22-13-7-19(8-14-22)24-15-9-20-17-21(28)10-16-25(20)27(24)32-23-11-5-18(6-12-23)3-2-4-26(29)30/h5-17,28H,2-4H2,1H3,(H,29,30). The normalized spacial score (nSPS) is 10.8. The van der Waals surface area contributed by atoms with Crippen LogP contribution in [0.2, 0.25) is 0 Å². The van der Waals surface area contributed by atoms with E-state index in [0.717, 1.165) is 33.2 Å². The van der Waals surface area contributed by atoms with Crippen LogP contribution in [0.4, 0.5) is 0 Å². The second-order valence-corrected chi connectivity index (χ2v) is 7.57. The van der Waals surface area contributed by atoms with E-state index in [1.807, 2.05) is 66.7 Å². The molecule has 0 fully saturated rings. The SMILES string of the molecule is COc1ccc(-c2ccc3cc(O)ccc3c2Oc2ccc(CCCC(=O)O)cc2)cc1. The zero-order valence-corrected chi connectivity index (χ0v) is 17.7. The van der Waals surface area contributed by atoms with E-state index in [9.17, 15) is 9.90 Å². The van der Waals surface area contributed by atoms with Crippen molar-refractivity contribution in [2.75, 3.05) is 7.11 Å². The van der Waals surface area contributed by atoms with Crippen LogP contribution in [0.15, 0.2) is 78.9 Å². The molecule has 0 spiro atoms. The Bertz CT molecular complexity index is 1230. The fourth-order valence-electron chi connectivity index (χ4n) is 3.68. The van der Waals surface area contributed by atoms with Crippen molar-refractivity contribution in [2.45, 2.75) is 19.3 Å². The van der Waals surface area contributed by atoms with Gasteiger partial charge in [0.15, 0.2) is 0 Å². The Labute approximate surface area is 186 Å². The summed E-state index contributed by atoms with van der Waals surface area (Å²) >= 11 is 0. The Morgan fingerprint density at radius 2 is 1.59 bits per heavy atom. The molecule has 0 heterocycles. The summed E-state index contributed by atoms with van der Waals surface area (Å²) < 4.78 is 11.6. The second-order valence-electron chi connectivity index (χ2n) is 7.57. The number of rotatable bonds is 8. The van der Waals surface area contributed by atoms with Crippen molar-refractivity contribution < 1.29 is 24.5 Å². The summed E-state index contributed by atoms with van der Waals surface area (Å²) in [5.74, 6) is 1.58. The molecule has 0 aliphatic heterocycles. The first-order valence-electron chi connectivity index (χ1n) is 10.4. The molecule has 4 aromatic rings. The Hall–Kier alpha value is -3.99. The van der Waals surface area contributed by atoms with Crippen molar-refractivity contribution >= 4 is 16.7 Å². The molecule has 0 unspecified atom stereocenters. The van der Waals surface area contributed by atoms with Crippen molar-refractivity contribution in [3.05, 3.63) is 84.4 Å². The van der Waals surface area contributed by atoms with E-state index in [2.05, 4.69) is 0 Å². The molecule has 0 aromatic heterocycles. The van der Waals surface area contributed by atoms with Crippen LogP contribution >= 0.6 is 0 Å². The van der Waals surface area contributed by atoms with Crippen LogP contribution in [0.5, 0.6) is 23.0 Å². The number of ether oxygens (including phenoxy) is 2. The van der Waals surface area contributed by atoms with Crippen molar-refractivity contribution in [1.82, 2.24) is 0 Å². The maximum atomic E-state index is 10.7. The molecule has 4 rings (SSSR count). The third-order valence-corrected chi connectivity index (χ3v) is 5.35. The second kappa shape index (κ2) is 9.43. The Balaban J connectivity index is 1.68. The molecule has 5 heteroatoms. The van der Waals surface area contributed by atoms with Crippen LogP contribution in [-0.4, -0.2) is 23.3 Å². The number of fused-ring (bicyclic) bond motifs is 1. The molecule has 2 N–H and O–H groups in total. The van der Waals surface area contributed by atoms with Gasteiger partial charge in [0, 0.05) is 17.4 Å². The summed E-state index contributed by atoms with van der Waals surface area (Å²) in [5, 5.41) is 20.5. The highest BCUT2D eigenvalue weighted by molar-refractivity contribution is 5.96. The van der Waals surface area contributed by atoms with Crippen molar-refractivity contribution in [3.8, 4) is 34.1 Å². The number of phenols is 1. The van der Waals surface area contributed by atoms with Crippen LogP contribution < -0.4 is 9.47 Å². The molecule has 162 valence electrons. The lowest BCUT2D eigenvalue weighted by molar-refractivity contribution is -0.137. The van der Waals surface area contributed by atoms with Gasteiger partial charge < -0.3 is 19.7 Å². The molecule has 0 saturated heterocycles. The van der Waals surface area contributed by atoms with Gasteiger partial charge in [-0.2, -0.15) is 0 Å². The molecule has 4 aromatic carbocycles. The third kappa shape index (κ3) is 4.83. The maximum Gasteiger partial charge on any atom is 0.303 e. The Morgan fingerprint density at radius 1 is 0.875 bits per heavy atom. The van der Waals surface area contributed by atoms with Gasteiger partial charge in [-0.15, -0.1) is 0 Å². The first-order chi connectivity index (χ1) is 15.5. The predicted octanol–water partition coefficient (Wildman–Crippen LogP) is 6.42. The first-order valence-corrected chi connectivity index (χ1v) is 10.4. The fourth-order valence-corrected chi connectivity index (χ4v) is 3.68. The maximum absolute atomic E-state index is 10.7. The van der Waals surface area contributed by atoms with E-state index in [0.29, 0.717) is 24.3 Å². The van der Waals surface area contributed by atoms with Crippen LogP contribution in [0.3, 0.4) is 0 Å². The number of carboxylic acid groups (broad SMARTS) is 1. The summed E-state index contributed by atoms with van der Waals surface area (Å²) in [6, 6.07) is 24.7. The van der Waals surface area contributed by atoms with Crippen LogP contribution in [0.25, 0.3) is 21.9 Å². The zero-order valence-electron chi connectivity index (χ0n) is 17.7. The summed E-state index contributed by atoms with van der Waals surface area (Å²) in [4.78, 5) is 10.7. The summed E-state index contributed by atoms with van der Waals surface area (Å²) in [7, 11) is 1.64. The van der Waals surface area contributed by atoms with Crippen molar-refractivity contribution in [1.29, 1.82) is 0 Å². The van der Waals surface area contributed by atoms with Gasteiger partial charge in [0.05, 0.1) is 7.11 Å². The van der Waals surface area contributed by atoms with Crippen LogP contribution in [-0.2, 0) is 11.2 Å². The quantitative estimate of drug-likeness (QED) is 0.339. The average molecular weight is 428 g/mol. The van der Waals surface area contributed by atoms with E-state index in [4.69, 9.17) is 14.6 Å². The van der Waals surface area contributed by atoms with E-state index in [-0.39, 0.29) is 12.2 Å². The number of hydrogen-bond acceptors (Lipinski definition) is 4. The fraction of sp³-hybridized carbons (Fsp3) is 0.148. The number of methoxy groups -OCH3 is 1. The van der Waals surface area contributed by atoms with Gasteiger partial charge in [-0.25, -0.2) is 0 Å². The van der Waals surface area contributed by atoms with Gasteiger partial charge >= 0.3 is 5.97 Å². The van der Waals surface area contributed by atoms with Gasteiger partial charge in [0.25, 0.3) is 0 Å². The number of carboxylic acids is 1. The molecular formula is C27H24O5. The number of aromatic hydroxyl groups is 1. The van der Waals surface area contributed by atoms with Gasteiger partial charge in [-0.3, -0.25) is 4.79 Å². The van der Waals surface area contributed by atoms with Crippen molar-refractivity contribution in [2.24, 2.45) is 0 Å². The Morgan fingerprint density at radius 3 is 2.28 bits per heavy atom. The number of aryl methyl sites for hydroxylation is 1. The highest BCUT2D eigenvalue weighted by atomic mass is 16.5. The van der Waals surface area contributed by atoms with Crippen molar-refractivity contribution in [3.63, 3.8) is 0 Å². The molecule has 0 aliphatic rings. The monoisotopic (exact) mass is 428 g/mol.